The van der Waals surface area contributed by atoms with E-state index in [4.69, 9.17) is 5.11 Å². The van der Waals surface area contributed by atoms with Gasteiger partial charge in [0.2, 0.25) is 5.91 Å². The molecule has 9 nitrogen and oxygen atoms in total. The Morgan fingerprint density at radius 1 is 0.909 bits per heavy atom. The number of anilines is 3. The number of aromatic nitrogens is 2. The van der Waals surface area contributed by atoms with Crippen LogP contribution in [-0.2, 0) is 21.9 Å². The number of carboxylic acids is 1. The Bertz CT molecular complexity index is 1470. The number of nitrogens with one attached hydrogen (secondary N) is 3. The molecule has 3 aromatic rings. The zero-order valence-electron chi connectivity index (χ0n) is 22.9. The second-order valence-electron chi connectivity index (χ2n) is 10.2. The van der Waals surface area contributed by atoms with Crippen molar-refractivity contribution in [3.05, 3.63) is 64.4 Å². The number of amides is 2. The average molecular weight is 644 g/mol. The third-order valence-corrected chi connectivity index (χ3v) is 7.99. The lowest BCUT2D eigenvalue weighted by molar-refractivity contribution is -0.141. The topological polar surface area (TPSA) is 133 Å². The number of carbonyl (C=O) groups is 3. The van der Waals surface area contributed by atoms with Crippen molar-refractivity contribution >= 4 is 45.6 Å². The van der Waals surface area contributed by atoms with Crippen LogP contribution in [0.5, 0.6) is 0 Å². The van der Waals surface area contributed by atoms with E-state index in [1.807, 2.05) is 12.1 Å². The van der Waals surface area contributed by atoms with Crippen molar-refractivity contribution in [2.45, 2.75) is 56.8 Å². The summed E-state index contributed by atoms with van der Waals surface area (Å²) in [6.45, 7) is -0.275. The van der Waals surface area contributed by atoms with Crippen molar-refractivity contribution in [3.8, 4) is 0 Å². The number of thiazole rings is 1. The van der Waals surface area contributed by atoms with E-state index in [9.17, 15) is 40.7 Å². The third kappa shape index (κ3) is 8.90. The molecule has 0 unspecified atom stereocenters. The minimum atomic E-state index is -5.00. The van der Waals surface area contributed by atoms with Crippen LogP contribution in [0.2, 0.25) is 0 Å². The molecule has 0 spiro atoms. The van der Waals surface area contributed by atoms with Gasteiger partial charge in [0.25, 0.3) is 5.91 Å². The number of nitrogens with zero attached hydrogens (tertiary/aromatic N) is 2. The molecular weight excluding hydrogens is 616 g/mol. The fraction of sp³-hybridized carbons (Fsp3) is 0.393. The molecule has 1 saturated carbocycles. The van der Waals surface area contributed by atoms with Gasteiger partial charge in [-0.2, -0.15) is 26.3 Å². The summed E-state index contributed by atoms with van der Waals surface area (Å²) in [5.74, 6) is -1.91. The Hall–Kier alpha value is -4.21. The van der Waals surface area contributed by atoms with Crippen LogP contribution < -0.4 is 16.0 Å². The number of carbonyl (C=O) groups excluding carboxylic acids is 2. The summed E-state index contributed by atoms with van der Waals surface area (Å²) in [4.78, 5) is 41.7. The van der Waals surface area contributed by atoms with Crippen molar-refractivity contribution in [3.63, 3.8) is 0 Å². The minimum Gasteiger partial charge on any atom is -0.481 e. The summed E-state index contributed by atoms with van der Waals surface area (Å²) in [5, 5.41) is 15.9. The molecule has 0 bridgehead atoms. The monoisotopic (exact) mass is 643 g/mol. The summed E-state index contributed by atoms with van der Waals surface area (Å²) in [5.41, 5.74) is -1.16. The summed E-state index contributed by atoms with van der Waals surface area (Å²) in [7, 11) is 0. The van der Waals surface area contributed by atoms with E-state index in [2.05, 4.69) is 25.9 Å². The summed E-state index contributed by atoms with van der Waals surface area (Å²) < 4.78 is 78.8. The van der Waals surface area contributed by atoms with Gasteiger partial charge in [-0.05, 0) is 67.3 Å². The van der Waals surface area contributed by atoms with Crippen LogP contribution in [0.15, 0.2) is 42.6 Å². The van der Waals surface area contributed by atoms with E-state index in [-0.39, 0.29) is 31.0 Å². The minimum absolute atomic E-state index is 0.0692. The van der Waals surface area contributed by atoms with Gasteiger partial charge in [0, 0.05) is 25.1 Å². The highest BCUT2D eigenvalue weighted by atomic mass is 32.1. The molecule has 4 rings (SSSR count). The van der Waals surface area contributed by atoms with Gasteiger partial charge in [0.15, 0.2) is 10.8 Å². The zero-order chi connectivity index (χ0) is 32.1. The first-order valence-corrected chi connectivity index (χ1v) is 14.3. The Kier molecular flexibility index (Phi) is 10.1. The van der Waals surface area contributed by atoms with Crippen molar-refractivity contribution < 1.29 is 45.8 Å². The number of aliphatic carboxylic acids is 1. The van der Waals surface area contributed by atoms with Gasteiger partial charge in [-0.1, -0.05) is 23.5 Å². The number of pyridine rings is 1. The van der Waals surface area contributed by atoms with Crippen LogP contribution in [0, 0.1) is 5.92 Å². The number of hydrogen-bond acceptors (Lipinski definition) is 7. The van der Waals surface area contributed by atoms with Gasteiger partial charge >= 0.3 is 18.3 Å². The van der Waals surface area contributed by atoms with Gasteiger partial charge in [-0.25, -0.2) is 9.97 Å². The van der Waals surface area contributed by atoms with Gasteiger partial charge in [0.1, 0.15) is 10.6 Å². The predicted octanol–water partition coefficient (Wildman–Crippen LogP) is 6.83. The zero-order valence-corrected chi connectivity index (χ0v) is 23.7. The molecule has 1 aliphatic carbocycles. The highest BCUT2D eigenvalue weighted by molar-refractivity contribution is 7.17. The first kappa shape index (κ1) is 32.7. The Morgan fingerprint density at radius 2 is 1.57 bits per heavy atom. The Labute approximate surface area is 251 Å². The van der Waals surface area contributed by atoms with E-state index in [1.165, 1.54) is 0 Å². The lowest BCUT2D eigenvalue weighted by atomic mass is 9.77. The quantitative estimate of drug-likeness (QED) is 0.178. The van der Waals surface area contributed by atoms with Crippen molar-refractivity contribution in [2.24, 2.45) is 5.92 Å². The first-order chi connectivity index (χ1) is 20.7. The smallest absolute Gasteiger partial charge is 0.435 e. The maximum Gasteiger partial charge on any atom is 0.435 e. The maximum atomic E-state index is 13.6. The van der Waals surface area contributed by atoms with Gasteiger partial charge in [-0.3, -0.25) is 14.4 Å². The average Bonchev–Trinajstić information content (AvgIpc) is 3.38. The molecule has 16 heteroatoms. The fourth-order valence-electron chi connectivity index (χ4n) is 4.86. The van der Waals surface area contributed by atoms with E-state index in [0.29, 0.717) is 29.0 Å². The summed E-state index contributed by atoms with van der Waals surface area (Å²) >= 11 is 0.345. The van der Waals surface area contributed by atoms with Crippen molar-refractivity contribution in [2.75, 3.05) is 17.2 Å². The molecule has 1 aliphatic rings. The predicted molar refractivity (Wildman–Crippen MR) is 149 cm³/mol. The molecule has 2 heterocycles. The molecule has 2 aromatic heterocycles. The molecule has 0 saturated heterocycles. The number of alkyl halides is 6. The van der Waals surface area contributed by atoms with E-state index >= 15 is 0 Å². The normalized spacial score (nSPS) is 17.1. The second-order valence-corrected chi connectivity index (χ2v) is 11.2. The molecule has 44 heavy (non-hydrogen) atoms. The molecule has 1 fully saturated rings. The molecule has 2 amide bonds. The van der Waals surface area contributed by atoms with Crippen LogP contribution in [0.1, 0.15) is 71.1 Å². The van der Waals surface area contributed by atoms with Gasteiger partial charge < -0.3 is 21.1 Å². The van der Waals surface area contributed by atoms with E-state index in [0.717, 1.165) is 43.5 Å². The third-order valence-electron chi connectivity index (χ3n) is 7.02. The van der Waals surface area contributed by atoms with Crippen molar-refractivity contribution in [1.29, 1.82) is 0 Å². The number of benzene rings is 1. The molecule has 236 valence electrons. The van der Waals surface area contributed by atoms with Crippen LogP contribution >= 0.6 is 11.3 Å². The fourth-order valence-corrected chi connectivity index (χ4v) is 5.78. The van der Waals surface area contributed by atoms with Crippen LogP contribution in [0.4, 0.5) is 42.8 Å². The highest BCUT2D eigenvalue weighted by Gasteiger charge is 2.40. The maximum absolute atomic E-state index is 13.6. The lowest BCUT2D eigenvalue weighted by Gasteiger charge is -2.28. The highest BCUT2D eigenvalue weighted by Crippen LogP contribution is 2.38. The molecular formula is C28H27F6N5O4S. The number of halogens is 6. The Morgan fingerprint density at radius 3 is 2.14 bits per heavy atom. The van der Waals surface area contributed by atoms with Crippen LogP contribution in [-0.4, -0.2) is 39.4 Å². The summed E-state index contributed by atoms with van der Waals surface area (Å²) in [6, 6.07) is 8.82. The number of rotatable bonds is 10. The standard InChI is InChI=1S/C28H27F6N5O4S/c29-27(30,31)20-10-9-19(14-36-20)38-26-39-24(28(32,33)34)23(44-26)25(43)35-12-11-21(40)37-18-7-5-17(6-8-18)16-3-1-15(2-4-16)13-22(41)42/h5-10,14-16H,1-4,11-13H2,(H,35,43)(H,37,40)(H,38,39)(H,41,42). The van der Waals surface area contributed by atoms with Gasteiger partial charge in [-0.15, -0.1) is 0 Å². The second kappa shape index (κ2) is 13.6. The van der Waals surface area contributed by atoms with Gasteiger partial charge in [0.05, 0.1) is 11.9 Å². The summed E-state index contributed by atoms with van der Waals surface area (Å²) in [6.07, 6.45) is -5.55. The molecule has 4 N–H and O–H groups in total. The van der Waals surface area contributed by atoms with Crippen LogP contribution in [0.3, 0.4) is 0 Å². The molecule has 0 aliphatic heterocycles. The van der Waals surface area contributed by atoms with Crippen LogP contribution in [0.25, 0.3) is 0 Å². The molecule has 0 radical (unpaired) electrons. The SMILES string of the molecule is O=C(O)CC1CCC(c2ccc(NC(=O)CCNC(=O)c3sc(Nc4ccc(C(F)(F)F)nc4)nc3C(F)(F)F)cc2)CC1. The number of carboxylic acid groups (broad SMARTS) is 1. The lowest BCUT2D eigenvalue weighted by Crippen LogP contribution is -2.28. The number of hydrogen-bond donors (Lipinski definition) is 4. The first-order valence-electron chi connectivity index (χ1n) is 13.5. The molecule has 1 aromatic carbocycles. The van der Waals surface area contributed by atoms with Crippen molar-refractivity contribution in [1.82, 2.24) is 15.3 Å². The Balaban J connectivity index is 1.28. The largest absolute Gasteiger partial charge is 0.481 e. The van der Waals surface area contributed by atoms with E-state index in [1.54, 1.807) is 12.1 Å². The van der Waals surface area contributed by atoms with E-state index < -0.39 is 51.5 Å². The molecule has 0 atom stereocenters.